The predicted molar refractivity (Wildman–Crippen MR) is 54.5 cm³/mol. The second-order valence-electron chi connectivity index (χ2n) is 3.11. The molecular weight excluding hydrogens is 180 g/mol. The molecule has 0 saturated carbocycles. The zero-order valence-corrected chi connectivity index (χ0v) is 8.40. The fourth-order valence-electron chi connectivity index (χ4n) is 1.19. The first-order valence-corrected chi connectivity index (χ1v) is 4.51. The molecule has 1 aromatic heterocycles. The van der Waals surface area contributed by atoms with Crippen molar-refractivity contribution in [1.29, 1.82) is 0 Å². The Morgan fingerprint density at radius 3 is 2.93 bits per heavy atom. The van der Waals surface area contributed by atoms with Crippen LogP contribution in [-0.2, 0) is 11.2 Å². The first-order chi connectivity index (χ1) is 6.63. The second kappa shape index (κ2) is 4.60. The first-order valence-electron chi connectivity index (χ1n) is 4.51. The molecule has 4 heteroatoms. The van der Waals surface area contributed by atoms with E-state index in [1.807, 2.05) is 19.1 Å². The lowest BCUT2D eigenvalue weighted by molar-refractivity contribution is -0.135. The molecule has 76 valence electrons. The highest BCUT2D eigenvalue weighted by Gasteiger charge is 2.05. The van der Waals surface area contributed by atoms with Crippen molar-refractivity contribution in [3.8, 4) is 0 Å². The van der Waals surface area contributed by atoms with Crippen molar-refractivity contribution >= 4 is 11.7 Å². The van der Waals surface area contributed by atoms with Gasteiger partial charge in [0.2, 0.25) is 0 Å². The van der Waals surface area contributed by atoms with Crippen molar-refractivity contribution in [2.24, 2.45) is 0 Å². The van der Waals surface area contributed by atoms with E-state index in [-0.39, 0.29) is 6.54 Å². The molecule has 0 unspecified atom stereocenters. The average Bonchev–Trinajstić information content (AvgIpc) is 2.17. The van der Waals surface area contributed by atoms with Crippen molar-refractivity contribution < 1.29 is 9.90 Å². The van der Waals surface area contributed by atoms with Gasteiger partial charge in [0.05, 0.1) is 0 Å². The number of anilines is 1. The molecule has 0 aliphatic heterocycles. The maximum Gasteiger partial charge on any atom is 0.323 e. The summed E-state index contributed by atoms with van der Waals surface area (Å²) in [5.74, 6) is -0.831. The number of nitrogens with zero attached hydrogens (tertiary/aromatic N) is 2. The number of aryl methyl sites for hydroxylation is 1. The summed E-state index contributed by atoms with van der Waals surface area (Å²) in [5, 5.41) is 8.61. The first kappa shape index (κ1) is 10.5. The van der Waals surface area contributed by atoms with Gasteiger partial charge in [0.25, 0.3) is 0 Å². The van der Waals surface area contributed by atoms with Gasteiger partial charge in [-0.25, -0.2) is 0 Å². The van der Waals surface area contributed by atoms with E-state index in [0.717, 1.165) is 17.8 Å². The molecular formula is C10H14N2O2. The average molecular weight is 194 g/mol. The van der Waals surface area contributed by atoms with Crippen LogP contribution in [0.3, 0.4) is 0 Å². The van der Waals surface area contributed by atoms with Gasteiger partial charge < -0.3 is 10.0 Å². The van der Waals surface area contributed by atoms with Crippen molar-refractivity contribution in [3.05, 3.63) is 24.0 Å². The summed E-state index contributed by atoms with van der Waals surface area (Å²) in [7, 11) is 1.75. The lowest BCUT2D eigenvalue weighted by Crippen LogP contribution is -2.25. The number of rotatable bonds is 4. The van der Waals surface area contributed by atoms with Gasteiger partial charge in [-0.3, -0.25) is 9.78 Å². The lowest BCUT2D eigenvalue weighted by Gasteiger charge is -2.16. The van der Waals surface area contributed by atoms with Gasteiger partial charge in [0.15, 0.2) is 0 Å². The monoisotopic (exact) mass is 194 g/mol. The third-order valence-electron chi connectivity index (χ3n) is 1.98. The van der Waals surface area contributed by atoms with Crippen LogP contribution < -0.4 is 4.90 Å². The summed E-state index contributed by atoms with van der Waals surface area (Å²) < 4.78 is 0. The van der Waals surface area contributed by atoms with Gasteiger partial charge in [0, 0.05) is 24.6 Å². The molecule has 1 rings (SSSR count). The number of likely N-dealkylation sites (N-methyl/N-ethyl adjacent to an activating group) is 1. The number of aliphatic carboxylic acids is 1. The molecule has 0 amide bonds. The number of carboxylic acids is 1. The Morgan fingerprint density at radius 1 is 1.64 bits per heavy atom. The molecule has 0 aromatic carbocycles. The zero-order chi connectivity index (χ0) is 10.6. The molecule has 0 bridgehead atoms. The maximum atomic E-state index is 10.5. The summed E-state index contributed by atoms with van der Waals surface area (Å²) in [6.07, 6.45) is 2.56. The van der Waals surface area contributed by atoms with Crippen molar-refractivity contribution in [2.45, 2.75) is 13.3 Å². The normalized spacial score (nSPS) is 9.86. The summed E-state index contributed by atoms with van der Waals surface area (Å²) in [6, 6.07) is 3.71. The van der Waals surface area contributed by atoms with Crippen molar-refractivity contribution in [1.82, 2.24) is 4.98 Å². The van der Waals surface area contributed by atoms with Crippen LogP contribution in [0.2, 0.25) is 0 Å². The minimum absolute atomic E-state index is 0.00711. The molecule has 4 nitrogen and oxygen atoms in total. The standard InChI is InChI=1S/C10H14N2O2/c1-3-8-6-9(4-5-11-8)12(2)7-10(13)14/h4-6H,3,7H2,1-2H3,(H,13,14). The van der Waals surface area contributed by atoms with Gasteiger partial charge in [-0.05, 0) is 18.6 Å². The van der Waals surface area contributed by atoms with E-state index in [0.29, 0.717) is 0 Å². The molecule has 0 atom stereocenters. The maximum absolute atomic E-state index is 10.5. The molecule has 14 heavy (non-hydrogen) atoms. The summed E-state index contributed by atoms with van der Waals surface area (Å²) in [4.78, 5) is 16.3. The van der Waals surface area contributed by atoms with Crippen LogP contribution in [0, 0.1) is 0 Å². The van der Waals surface area contributed by atoms with Crippen molar-refractivity contribution in [3.63, 3.8) is 0 Å². The van der Waals surface area contributed by atoms with Crippen LogP contribution in [0.15, 0.2) is 18.3 Å². The molecule has 0 spiro atoms. The number of aromatic nitrogens is 1. The Kier molecular flexibility index (Phi) is 3.45. The topological polar surface area (TPSA) is 53.4 Å². The quantitative estimate of drug-likeness (QED) is 0.781. The van der Waals surface area contributed by atoms with E-state index in [1.165, 1.54) is 0 Å². The van der Waals surface area contributed by atoms with Crippen LogP contribution in [0.25, 0.3) is 0 Å². The van der Waals surface area contributed by atoms with E-state index < -0.39 is 5.97 Å². The Labute approximate surface area is 83.2 Å². The Morgan fingerprint density at radius 2 is 2.36 bits per heavy atom. The summed E-state index contributed by atoms with van der Waals surface area (Å²) in [6.45, 7) is 2.02. The number of carbonyl (C=O) groups is 1. The molecule has 0 aliphatic rings. The third kappa shape index (κ3) is 2.73. The van der Waals surface area contributed by atoms with E-state index >= 15 is 0 Å². The lowest BCUT2D eigenvalue weighted by atomic mass is 10.2. The van der Waals surface area contributed by atoms with Gasteiger partial charge in [-0.1, -0.05) is 6.92 Å². The number of hydrogen-bond acceptors (Lipinski definition) is 3. The van der Waals surface area contributed by atoms with Crippen LogP contribution >= 0.6 is 0 Å². The van der Waals surface area contributed by atoms with E-state index in [1.54, 1.807) is 18.1 Å². The SMILES string of the molecule is CCc1cc(N(C)CC(=O)O)ccn1. The molecule has 0 aliphatic carbocycles. The van der Waals surface area contributed by atoms with Crippen molar-refractivity contribution in [2.75, 3.05) is 18.5 Å². The number of hydrogen-bond donors (Lipinski definition) is 1. The Balaban J connectivity index is 2.78. The van der Waals surface area contributed by atoms with E-state index in [9.17, 15) is 4.79 Å². The molecule has 1 aromatic rings. The van der Waals surface area contributed by atoms with E-state index in [2.05, 4.69) is 4.98 Å². The number of pyridine rings is 1. The molecule has 1 heterocycles. The summed E-state index contributed by atoms with van der Waals surface area (Å²) >= 11 is 0. The highest BCUT2D eigenvalue weighted by atomic mass is 16.4. The minimum Gasteiger partial charge on any atom is -0.480 e. The second-order valence-corrected chi connectivity index (χ2v) is 3.11. The highest BCUT2D eigenvalue weighted by molar-refractivity contribution is 5.73. The highest BCUT2D eigenvalue weighted by Crippen LogP contribution is 2.12. The largest absolute Gasteiger partial charge is 0.480 e. The smallest absolute Gasteiger partial charge is 0.323 e. The van der Waals surface area contributed by atoms with Crippen LogP contribution in [0.5, 0.6) is 0 Å². The van der Waals surface area contributed by atoms with Gasteiger partial charge in [-0.15, -0.1) is 0 Å². The van der Waals surface area contributed by atoms with Gasteiger partial charge in [-0.2, -0.15) is 0 Å². The van der Waals surface area contributed by atoms with Gasteiger partial charge >= 0.3 is 5.97 Å². The zero-order valence-electron chi connectivity index (χ0n) is 8.40. The van der Waals surface area contributed by atoms with Crippen LogP contribution in [-0.4, -0.2) is 29.7 Å². The van der Waals surface area contributed by atoms with Crippen LogP contribution in [0.1, 0.15) is 12.6 Å². The van der Waals surface area contributed by atoms with E-state index in [4.69, 9.17) is 5.11 Å². The minimum atomic E-state index is -0.831. The Hall–Kier alpha value is -1.58. The van der Waals surface area contributed by atoms with Gasteiger partial charge in [0.1, 0.15) is 6.54 Å². The molecule has 0 radical (unpaired) electrons. The van der Waals surface area contributed by atoms with Crippen LogP contribution in [0.4, 0.5) is 5.69 Å². The number of carboxylic acid groups (broad SMARTS) is 1. The predicted octanol–water partition coefficient (Wildman–Crippen LogP) is 1.16. The Bertz CT molecular complexity index is 326. The third-order valence-corrected chi connectivity index (χ3v) is 1.98. The fourth-order valence-corrected chi connectivity index (χ4v) is 1.19. The summed E-state index contributed by atoms with van der Waals surface area (Å²) in [5.41, 5.74) is 1.86. The molecule has 0 fully saturated rings. The molecule has 1 N–H and O–H groups in total. The fraction of sp³-hybridized carbons (Fsp3) is 0.400. The molecule has 0 saturated heterocycles.